The Hall–Kier alpha value is -3.64. The molecule has 0 saturated heterocycles. The van der Waals surface area contributed by atoms with Gasteiger partial charge in [0.05, 0.1) is 46.5 Å². The molecular weight excluding hydrogens is 326 g/mol. The molecule has 4 heterocycles. The van der Waals surface area contributed by atoms with E-state index in [0.29, 0.717) is 22.8 Å². The molecule has 0 N–H and O–H groups in total. The maximum Gasteiger partial charge on any atom is 0.0911 e. The van der Waals surface area contributed by atoms with Crippen LogP contribution in [0.15, 0.2) is 85.5 Å². The molecule has 0 aliphatic rings. The fraction of sp³-hybridized carbons (Fsp3) is 0. The number of rotatable bonds is 4. The van der Waals surface area contributed by atoms with Crippen molar-refractivity contribution in [3.05, 3.63) is 85.5 Å². The number of hydrogen-bond donors (Lipinski definition) is 0. The highest BCUT2D eigenvalue weighted by Gasteiger charge is 2.11. The molecule has 0 saturated carbocycles. The molecule has 0 aliphatic carbocycles. The van der Waals surface area contributed by atoms with Crippen molar-refractivity contribution in [3.8, 4) is 22.8 Å². The Morgan fingerprint density at radius 2 is 1.00 bits per heavy atom. The molecule has 4 aromatic rings. The topological polar surface area (TPSA) is 74.7 Å². The second kappa shape index (κ2) is 7.08. The maximum absolute atomic E-state index is 12.5. The van der Waals surface area contributed by atoms with Crippen LogP contribution in [0.25, 0.3) is 22.8 Å². The fourth-order valence-electron chi connectivity index (χ4n) is 2.49. The van der Waals surface area contributed by atoms with E-state index in [-0.39, 0.29) is 0 Å². The van der Waals surface area contributed by atoms with Crippen molar-refractivity contribution in [1.29, 1.82) is 0 Å². The van der Waals surface area contributed by atoms with E-state index in [1.807, 2.05) is 36.4 Å². The average molecular weight is 340 g/mol. The van der Waals surface area contributed by atoms with E-state index < -0.39 is 0 Å². The van der Waals surface area contributed by atoms with E-state index in [1.54, 1.807) is 36.7 Å². The third-order valence-electron chi connectivity index (χ3n) is 3.82. The third-order valence-corrected chi connectivity index (χ3v) is 3.82. The van der Waals surface area contributed by atoms with E-state index in [9.17, 15) is 5.21 Å². The van der Waals surface area contributed by atoms with Crippen molar-refractivity contribution in [3.63, 3.8) is 0 Å². The first-order valence-corrected chi connectivity index (χ1v) is 8.03. The first-order valence-electron chi connectivity index (χ1n) is 8.03. The molecule has 0 fully saturated rings. The van der Waals surface area contributed by atoms with Crippen molar-refractivity contribution in [2.75, 3.05) is 5.06 Å². The Labute approximate surface area is 150 Å². The second-order valence-electron chi connectivity index (χ2n) is 5.53. The number of aromatic nitrogens is 4. The minimum absolute atomic E-state index is 0.428. The quantitative estimate of drug-likeness (QED) is 0.523. The zero-order valence-electron chi connectivity index (χ0n) is 13.7. The zero-order chi connectivity index (χ0) is 17.8. The Morgan fingerprint density at radius 1 is 0.538 bits per heavy atom. The summed E-state index contributed by atoms with van der Waals surface area (Å²) in [5, 5.41) is 13.3. The lowest BCUT2D eigenvalue weighted by atomic mass is 10.2. The maximum atomic E-state index is 12.5. The van der Waals surface area contributed by atoms with Crippen LogP contribution in [0.1, 0.15) is 0 Å². The Balaban J connectivity index is 1.55. The van der Waals surface area contributed by atoms with Gasteiger partial charge in [-0.15, -0.1) is 0 Å². The minimum Gasteiger partial charge on any atom is -0.255 e. The largest absolute Gasteiger partial charge is 0.255 e. The van der Waals surface area contributed by atoms with E-state index in [2.05, 4.69) is 19.9 Å². The van der Waals surface area contributed by atoms with Gasteiger partial charge in [-0.05, 0) is 48.5 Å². The van der Waals surface area contributed by atoms with Gasteiger partial charge in [-0.1, -0.05) is 17.3 Å². The molecule has 125 valence electrons. The van der Waals surface area contributed by atoms with Crippen molar-refractivity contribution in [2.45, 2.75) is 0 Å². The summed E-state index contributed by atoms with van der Waals surface area (Å²) in [4.78, 5) is 17.2. The third kappa shape index (κ3) is 3.26. The van der Waals surface area contributed by atoms with Crippen molar-refractivity contribution in [2.24, 2.45) is 0 Å². The highest BCUT2D eigenvalue weighted by Crippen LogP contribution is 2.25. The smallest absolute Gasteiger partial charge is 0.0911 e. The van der Waals surface area contributed by atoms with Gasteiger partial charge in [-0.3, -0.25) is 19.9 Å². The number of anilines is 2. The van der Waals surface area contributed by atoms with Crippen LogP contribution in [0.4, 0.5) is 11.4 Å². The first kappa shape index (κ1) is 15.9. The van der Waals surface area contributed by atoms with Crippen LogP contribution in [-0.2, 0) is 5.21 Å². The van der Waals surface area contributed by atoms with Gasteiger partial charge in [0.15, 0.2) is 0 Å². The van der Waals surface area contributed by atoms with E-state index in [1.165, 1.54) is 12.4 Å². The van der Waals surface area contributed by atoms with Gasteiger partial charge in [-0.2, -0.15) is 5.06 Å². The van der Waals surface area contributed by atoms with Crippen LogP contribution in [-0.4, -0.2) is 19.9 Å². The Kier molecular flexibility index (Phi) is 4.32. The molecule has 6 heteroatoms. The molecule has 0 spiro atoms. The van der Waals surface area contributed by atoms with Crippen molar-refractivity contribution in [1.82, 2.24) is 19.9 Å². The highest BCUT2D eigenvalue weighted by molar-refractivity contribution is 5.64. The van der Waals surface area contributed by atoms with E-state index in [0.717, 1.165) is 16.5 Å². The lowest BCUT2D eigenvalue weighted by Gasteiger charge is -2.14. The summed E-state index contributed by atoms with van der Waals surface area (Å²) in [6.07, 6.45) is 6.48. The van der Waals surface area contributed by atoms with Crippen molar-refractivity contribution < 1.29 is 5.21 Å². The molecule has 0 amide bonds. The van der Waals surface area contributed by atoms with Gasteiger partial charge < -0.3 is 0 Å². The van der Waals surface area contributed by atoms with Gasteiger partial charge in [0.25, 0.3) is 0 Å². The lowest BCUT2D eigenvalue weighted by Crippen LogP contribution is -2.09. The molecule has 4 rings (SSSR count). The summed E-state index contributed by atoms with van der Waals surface area (Å²) in [7, 11) is 0. The summed E-state index contributed by atoms with van der Waals surface area (Å²) in [6.45, 7) is 0. The van der Waals surface area contributed by atoms with E-state index in [4.69, 9.17) is 0 Å². The Bertz CT molecular complexity index is 891. The number of nitrogens with zero attached hydrogens (tertiary/aromatic N) is 5. The minimum atomic E-state index is 0.428. The SMILES string of the molecule is [O]N(c1ccc(-c2ccccn2)nc1)c1ccc(-c2ccccn2)nc1. The Morgan fingerprint density at radius 3 is 1.35 bits per heavy atom. The van der Waals surface area contributed by atoms with Gasteiger partial charge in [0, 0.05) is 12.4 Å². The molecule has 1 radical (unpaired) electrons. The summed E-state index contributed by atoms with van der Waals surface area (Å²) in [6, 6.07) is 18.2. The predicted octanol–water partition coefficient (Wildman–Crippen LogP) is 4.08. The monoisotopic (exact) mass is 340 g/mol. The van der Waals surface area contributed by atoms with Gasteiger partial charge in [-0.25, -0.2) is 0 Å². The molecule has 6 nitrogen and oxygen atoms in total. The normalized spacial score (nSPS) is 10.5. The average Bonchev–Trinajstić information content (AvgIpc) is 2.75. The molecular formula is C20H14N5O. The fourth-order valence-corrected chi connectivity index (χ4v) is 2.49. The summed E-state index contributed by atoms with van der Waals surface area (Å²) < 4.78 is 0. The molecule has 0 atom stereocenters. The molecule has 4 aromatic heterocycles. The van der Waals surface area contributed by atoms with Crippen LogP contribution in [0.5, 0.6) is 0 Å². The zero-order valence-corrected chi connectivity index (χ0v) is 13.7. The highest BCUT2D eigenvalue weighted by atomic mass is 16.5. The summed E-state index contributed by atoms with van der Waals surface area (Å²) >= 11 is 0. The second-order valence-corrected chi connectivity index (χ2v) is 5.53. The van der Waals surface area contributed by atoms with Crippen LogP contribution < -0.4 is 5.06 Å². The van der Waals surface area contributed by atoms with Crippen LogP contribution in [0.2, 0.25) is 0 Å². The molecule has 0 aliphatic heterocycles. The molecule has 26 heavy (non-hydrogen) atoms. The standard InChI is InChI=1S/C20H14N5O/c26-25(15-7-9-19(23-13-15)17-5-1-3-11-21-17)16-8-10-20(24-14-16)18-6-2-4-12-22-18/h1-14H. The predicted molar refractivity (Wildman–Crippen MR) is 97.8 cm³/mol. The van der Waals surface area contributed by atoms with Crippen LogP contribution in [0, 0.1) is 0 Å². The molecule has 0 aromatic carbocycles. The van der Waals surface area contributed by atoms with Gasteiger partial charge >= 0.3 is 0 Å². The van der Waals surface area contributed by atoms with Crippen LogP contribution >= 0.6 is 0 Å². The van der Waals surface area contributed by atoms with Crippen LogP contribution in [0.3, 0.4) is 0 Å². The first-order chi connectivity index (χ1) is 12.8. The summed E-state index contributed by atoms with van der Waals surface area (Å²) in [5.74, 6) is 0. The molecule has 0 bridgehead atoms. The number of pyridine rings is 4. The van der Waals surface area contributed by atoms with E-state index >= 15 is 0 Å². The van der Waals surface area contributed by atoms with Crippen molar-refractivity contribution >= 4 is 11.4 Å². The van der Waals surface area contributed by atoms with Gasteiger partial charge in [0.2, 0.25) is 0 Å². The lowest BCUT2D eigenvalue weighted by molar-refractivity contribution is 0.196. The molecule has 0 unspecified atom stereocenters. The number of hydrogen-bond acceptors (Lipinski definition) is 5. The summed E-state index contributed by atoms with van der Waals surface area (Å²) in [5.41, 5.74) is 3.81. The van der Waals surface area contributed by atoms with Gasteiger partial charge in [0.1, 0.15) is 0 Å².